The summed E-state index contributed by atoms with van der Waals surface area (Å²) in [5.74, 6) is -0.908. The standard InChI is InChI=1S/C30H59NO5S/c1-3-5-7-9-11-13-14-15-16-17-18-20-22-24-26-30(33)31-28(27-37(34,35)36)29(32)25-23-21-19-12-10-8-6-4-2/h14-15,28-29,32H,3-13,16-27H2,1-2H3,(H,31,33)(H,34,35,36)/b15-14-. The maximum atomic E-state index is 12.4. The van der Waals surface area contributed by atoms with Crippen LogP contribution in [0.1, 0.15) is 155 Å². The first-order valence-electron chi connectivity index (χ1n) is 15.4. The number of hydrogen-bond donors (Lipinski definition) is 3. The van der Waals surface area contributed by atoms with Crippen LogP contribution in [-0.4, -0.2) is 41.9 Å². The lowest BCUT2D eigenvalue weighted by atomic mass is 10.0. The molecular weight excluding hydrogens is 486 g/mol. The highest BCUT2D eigenvalue weighted by Crippen LogP contribution is 2.14. The number of aliphatic hydroxyl groups is 1. The molecule has 0 aliphatic carbocycles. The normalized spacial score (nSPS) is 13.7. The minimum absolute atomic E-state index is 0.259. The first-order valence-corrected chi connectivity index (χ1v) is 17.0. The van der Waals surface area contributed by atoms with Gasteiger partial charge in [0.25, 0.3) is 10.1 Å². The fourth-order valence-corrected chi connectivity index (χ4v) is 5.38. The van der Waals surface area contributed by atoms with Gasteiger partial charge in [0, 0.05) is 6.42 Å². The Balaban J connectivity index is 4.00. The van der Waals surface area contributed by atoms with E-state index >= 15 is 0 Å². The fourth-order valence-electron chi connectivity index (χ4n) is 4.62. The average molecular weight is 546 g/mol. The Morgan fingerprint density at radius 3 is 1.62 bits per heavy atom. The number of amides is 1. The van der Waals surface area contributed by atoms with Gasteiger partial charge in [0.1, 0.15) is 0 Å². The van der Waals surface area contributed by atoms with E-state index in [1.54, 1.807) is 0 Å². The van der Waals surface area contributed by atoms with Crippen LogP contribution in [0.5, 0.6) is 0 Å². The second kappa shape index (κ2) is 25.4. The van der Waals surface area contributed by atoms with Crippen LogP contribution in [0.3, 0.4) is 0 Å². The van der Waals surface area contributed by atoms with Gasteiger partial charge in [0.2, 0.25) is 5.91 Å². The van der Waals surface area contributed by atoms with E-state index in [2.05, 4.69) is 31.3 Å². The third-order valence-corrected chi connectivity index (χ3v) is 7.75. The quantitative estimate of drug-likeness (QED) is 0.0553. The lowest BCUT2D eigenvalue weighted by Gasteiger charge is -2.23. The molecule has 0 aliphatic rings. The molecule has 220 valence electrons. The molecule has 0 aromatic heterocycles. The second-order valence-corrected chi connectivity index (χ2v) is 12.2. The molecule has 0 aromatic carbocycles. The van der Waals surface area contributed by atoms with E-state index in [1.807, 2.05) is 0 Å². The fraction of sp³-hybridized carbons (Fsp3) is 0.900. The zero-order valence-corrected chi connectivity index (χ0v) is 24.9. The van der Waals surface area contributed by atoms with E-state index in [9.17, 15) is 22.9 Å². The van der Waals surface area contributed by atoms with Crippen LogP contribution in [0.25, 0.3) is 0 Å². The number of aliphatic hydroxyl groups excluding tert-OH is 1. The molecule has 0 aromatic rings. The summed E-state index contributed by atoms with van der Waals surface area (Å²) in [5.41, 5.74) is 0. The summed E-state index contributed by atoms with van der Waals surface area (Å²) in [5, 5.41) is 13.2. The van der Waals surface area contributed by atoms with Crippen molar-refractivity contribution in [3.63, 3.8) is 0 Å². The molecule has 1 amide bonds. The van der Waals surface area contributed by atoms with Gasteiger partial charge in [-0.1, -0.05) is 122 Å². The highest BCUT2D eigenvalue weighted by molar-refractivity contribution is 7.85. The largest absolute Gasteiger partial charge is 0.391 e. The maximum absolute atomic E-state index is 12.4. The van der Waals surface area contributed by atoms with Crippen molar-refractivity contribution in [1.29, 1.82) is 0 Å². The number of hydrogen-bond acceptors (Lipinski definition) is 4. The summed E-state index contributed by atoms with van der Waals surface area (Å²) in [6, 6.07) is -0.967. The number of nitrogens with one attached hydrogen (secondary N) is 1. The van der Waals surface area contributed by atoms with E-state index < -0.39 is 28.0 Å². The molecule has 0 spiro atoms. The molecule has 6 nitrogen and oxygen atoms in total. The van der Waals surface area contributed by atoms with Crippen LogP contribution in [-0.2, 0) is 14.9 Å². The van der Waals surface area contributed by atoms with E-state index in [-0.39, 0.29) is 5.91 Å². The molecule has 37 heavy (non-hydrogen) atoms. The van der Waals surface area contributed by atoms with Crippen LogP contribution in [0, 0.1) is 0 Å². The van der Waals surface area contributed by atoms with Gasteiger partial charge in [-0.05, 0) is 38.5 Å². The molecule has 0 aliphatic heterocycles. The molecule has 3 N–H and O–H groups in total. The highest BCUT2D eigenvalue weighted by atomic mass is 32.2. The van der Waals surface area contributed by atoms with Crippen molar-refractivity contribution in [3.8, 4) is 0 Å². The van der Waals surface area contributed by atoms with Gasteiger partial charge in [0.05, 0.1) is 17.9 Å². The van der Waals surface area contributed by atoms with Gasteiger partial charge in [-0.3, -0.25) is 9.35 Å². The predicted octanol–water partition coefficient (Wildman–Crippen LogP) is 7.90. The molecule has 0 radical (unpaired) electrons. The van der Waals surface area contributed by atoms with Gasteiger partial charge in [-0.15, -0.1) is 0 Å². The third kappa shape index (κ3) is 26.5. The summed E-state index contributed by atoms with van der Waals surface area (Å²) >= 11 is 0. The average Bonchev–Trinajstić information content (AvgIpc) is 2.84. The van der Waals surface area contributed by atoms with Crippen molar-refractivity contribution in [2.24, 2.45) is 0 Å². The van der Waals surface area contributed by atoms with Crippen LogP contribution >= 0.6 is 0 Å². The summed E-state index contributed by atoms with van der Waals surface area (Å²) < 4.78 is 32.1. The van der Waals surface area contributed by atoms with Crippen molar-refractivity contribution in [2.45, 2.75) is 167 Å². The summed E-state index contributed by atoms with van der Waals surface area (Å²) in [7, 11) is -4.29. The van der Waals surface area contributed by atoms with E-state index in [4.69, 9.17) is 0 Å². The summed E-state index contributed by atoms with van der Waals surface area (Å²) in [4.78, 5) is 12.4. The maximum Gasteiger partial charge on any atom is 0.266 e. The van der Waals surface area contributed by atoms with Gasteiger partial charge >= 0.3 is 0 Å². The third-order valence-electron chi connectivity index (χ3n) is 6.97. The zero-order chi connectivity index (χ0) is 27.6. The van der Waals surface area contributed by atoms with Gasteiger partial charge < -0.3 is 10.4 Å². The van der Waals surface area contributed by atoms with Crippen LogP contribution in [0.15, 0.2) is 12.2 Å². The molecule has 2 unspecified atom stereocenters. The second-order valence-electron chi connectivity index (χ2n) is 10.7. The minimum Gasteiger partial charge on any atom is -0.391 e. The van der Waals surface area contributed by atoms with Gasteiger partial charge in [-0.25, -0.2) is 0 Å². The van der Waals surface area contributed by atoms with Crippen molar-refractivity contribution in [1.82, 2.24) is 5.32 Å². The Hall–Kier alpha value is -0.920. The Morgan fingerprint density at radius 1 is 0.703 bits per heavy atom. The smallest absolute Gasteiger partial charge is 0.266 e. The molecular formula is C30H59NO5S. The first kappa shape index (κ1) is 36.1. The van der Waals surface area contributed by atoms with Crippen molar-refractivity contribution < 1.29 is 22.9 Å². The van der Waals surface area contributed by atoms with Crippen molar-refractivity contribution >= 4 is 16.0 Å². The Bertz CT molecular complexity index is 650. The number of unbranched alkanes of at least 4 members (excludes halogenated alkanes) is 17. The van der Waals surface area contributed by atoms with Gasteiger partial charge in [0.15, 0.2) is 0 Å². The molecule has 0 rings (SSSR count). The molecule has 7 heteroatoms. The highest BCUT2D eigenvalue weighted by Gasteiger charge is 2.26. The first-order chi connectivity index (χ1) is 17.8. The van der Waals surface area contributed by atoms with E-state index in [1.165, 1.54) is 77.0 Å². The van der Waals surface area contributed by atoms with E-state index in [0.29, 0.717) is 12.8 Å². The number of carbonyl (C=O) groups excluding carboxylic acids is 1. The number of carbonyl (C=O) groups is 1. The molecule has 0 saturated carbocycles. The van der Waals surface area contributed by atoms with Gasteiger partial charge in [-0.2, -0.15) is 8.42 Å². The Morgan fingerprint density at radius 2 is 1.14 bits per heavy atom. The van der Waals surface area contributed by atoms with Crippen LogP contribution in [0.4, 0.5) is 0 Å². The van der Waals surface area contributed by atoms with Crippen molar-refractivity contribution in [2.75, 3.05) is 5.75 Å². The zero-order valence-electron chi connectivity index (χ0n) is 24.1. The van der Waals surface area contributed by atoms with Crippen LogP contribution < -0.4 is 5.32 Å². The molecule has 0 fully saturated rings. The molecule has 0 bridgehead atoms. The molecule has 0 saturated heterocycles. The number of allylic oxidation sites excluding steroid dienone is 2. The SMILES string of the molecule is CCCCCCC/C=C\CCCCCCCC(=O)NC(CS(=O)(=O)O)C(O)CCCCCCCCCC. The Labute approximate surface area is 229 Å². The minimum atomic E-state index is -4.29. The Kier molecular flexibility index (Phi) is 24.7. The van der Waals surface area contributed by atoms with Crippen LogP contribution in [0.2, 0.25) is 0 Å². The van der Waals surface area contributed by atoms with E-state index in [0.717, 1.165) is 51.4 Å². The topological polar surface area (TPSA) is 104 Å². The predicted molar refractivity (Wildman–Crippen MR) is 156 cm³/mol. The van der Waals surface area contributed by atoms with Crippen molar-refractivity contribution in [3.05, 3.63) is 12.2 Å². The monoisotopic (exact) mass is 545 g/mol. The molecule has 0 heterocycles. The summed E-state index contributed by atoms with van der Waals surface area (Å²) in [6.07, 6.45) is 27.4. The summed E-state index contributed by atoms with van der Waals surface area (Å²) in [6.45, 7) is 4.43. The molecule has 2 atom stereocenters. The number of rotatable bonds is 27. The lowest BCUT2D eigenvalue weighted by Crippen LogP contribution is -2.47. The lowest BCUT2D eigenvalue weighted by molar-refractivity contribution is -0.122.